The van der Waals surface area contributed by atoms with Gasteiger partial charge in [-0.2, -0.15) is 0 Å². The molecule has 0 atom stereocenters. The summed E-state index contributed by atoms with van der Waals surface area (Å²) in [6.07, 6.45) is -2.24. The quantitative estimate of drug-likeness (QED) is 0.924. The van der Waals surface area contributed by atoms with Gasteiger partial charge in [-0.05, 0) is 17.7 Å². The van der Waals surface area contributed by atoms with Gasteiger partial charge in [0.2, 0.25) is 0 Å². The molecule has 1 heterocycles. The number of alkyl halides is 3. The Morgan fingerprint density at radius 1 is 1.24 bits per heavy atom. The Morgan fingerprint density at radius 2 is 1.86 bits per heavy atom. The van der Waals surface area contributed by atoms with Crippen LogP contribution in [0.3, 0.4) is 0 Å². The molecule has 10 heteroatoms. The molecule has 0 spiro atoms. The van der Waals surface area contributed by atoms with E-state index in [2.05, 4.69) is 9.72 Å². The smallest absolute Gasteiger partial charge is 0.406 e. The van der Waals surface area contributed by atoms with Crippen LogP contribution in [0.5, 0.6) is 5.75 Å². The number of primary sulfonamides is 1. The fraction of sp³-hybridized carbons (Fsp3) is 0.182. The van der Waals surface area contributed by atoms with Crippen LogP contribution < -0.4 is 9.88 Å². The lowest BCUT2D eigenvalue weighted by Gasteiger charge is -2.09. The molecule has 0 aliphatic rings. The summed E-state index contributed by atoms with van der Waals surface area (Å²) in [5.74, 6) is -0.331. The van der Waals surface area contributed by atoms with Crippen LogP contribution in [-0.4, -0.2) is 24.3 Å². The zero-order chi connectivity index (χ0) is 15.7. The highest BCUT2D eigenvalue weighted by atomic mass is 32.2. The van der Waals surface area contributed by atoms with Gasteiger partial charge in [0.1, 0.15) is 5.75 Å². The number of sulfonamides is 1. The molecule has 2 aromatic rings. The van der Waals surface area contributed by atoms with Crippen LogP contribution in [0, 0.1) is 0 Å². The molecule has 0 aliphatic carbocycles. The second-order valence-corrected chi connectivity index (χ2v) is 5.63. The highest BCUT2D eigenvalue weighted by Gasteiger charge is 2.30. The first-order valence-corrected chi connectivity index (χ1v) is 7.07. The van der Waals surface area contributed by atoms with E-state index in [-0.39, 0.29) is 17.3 Å². The summed E-state index contributed by atoms with van der Waals surface area (Å²) in [6.45, 7) is 0.231. The number of benzene rings is 1. The first-order valence-electron chi connectivity index (χ1n) is 5.53. The normalized spacial score (nSPS) is 12.4. The molecule has 114 valence electrons. The molecular weight excluding hydrogens is 311 g/mol. The number of aromatic nitrogens is 2. The molecule has 21 heavy (non-hydrogen) atoms. The van der Waals surface area contributed by atoms with Gasteiger partial charge in [-0.1, -0.05) is 12.1 Å². The molecule has 0 aliphatic heterocycles. The highest BCUT2D eigenvalue weighted by Crippen LogP contribution is 2.22. The number of halogens is 3. The van der Waals surface area contributed by atoms with Crippen molar-refractivity contribution in [2.45, 2.75) is 17.9 Å². The van der Waals surface area contributed by atoms with Crippen molar-refractivity contribution in [1.82, 2.24) is 9.55 Å². The van der Waals surface area contributed by atoms with Gasteiger partial charge in [-0.25, -0.2) is 18.5 Å². The second kappa shape index (κ2) is 5.37. The molecule has 0 radical (unpaired) electrons. The minimum absolute atomic E-state index is 0.231. The summed E-state index contributed by atoms with van der Waals surface area (Å²) in [7, 11) is -3.88. The fourth-order valence-electron chi connectivity index (χ4n) is 1.58. The average Bonchev–Trinajstić information content (AvgIpc) is 2.78. The summed E-state index contributed by atoms with van der Waals surface area (Å²) in [6, 6.07) is 5.19. The van der Waals surface area contributed by atoms with Crippen LogP contribution in [0.25, 0.3) is 0 Å². The first kappa shape index (κ1) is 15.3. The monoisotopic (exact) mass is 321 g/mol. The van der Waals surface area contributed by atoms with Crippen LogP contribution in [-0.2, 0) is 16.6 Å². The van der Waals surface area contributed by atoms with Gasteiger partial charge in [0, 0.05) is 12.7 Å². The summed E-state index contributed by atoms with van der Waals surface area (Å²) < 4.78 is 63.3. The maximum absolute atomic E-state index is 12.0. The number of imidazole rings is 1. The van der Waals surface area contributed by atoms with Crippen LogP contribution in [0.2, 0.25) is 0 Å². The summed E-state index contributed by atoms with van der Waals surface area (Å²) >= 11 is 0. The number of rotatable bonds is 4. The molecule has 1 aromatic heterocycles. The largest absolute Gasteiger partial charge is 0.573 e. The van der Waals surface area contributed by atoms with Crippen molar-refractivity contribution in [1.29, 1.82) is 0 Å². The predicted octanol–water partition coefficient (Wildman–Crippen LogP) is 1.48. The van der Waals surface area contributed by atoms with Crippen molar-refractivity contribution in [3.8, 4) is 5.75 Å². The minimum atomic E-state index is -4.74. The summed E-state index contributed by atoms with van der Waals surface area (Å²) in [5.41, 5.74) is 0.642. The van der Waals surface area contributed by atoms with Gasteiger partial charge in [0.05, 0.1) is 6.33 Å². The van der Waals surface area contributed by atoms with Gasteiger partial charge in [0.25, 0.3) is 10.0 Å². The molecular formula is C11H10F3N3O3S. The third kappa shape index (κ3) is 4.46. The van der Waals surface area contributed by atoms with Crippen molar-refractivity contribution in [3.63, 3.8) is 0 Å². The number of hydrogen-bond acceptors (Lipinski definition) is 4. The predicted molar refractivity (Wildman–Crippen MR) is 65.8 cm³/mol. The Hall–Kier alpha value is -2.07. The number of ether oxygens (including phenoxy) is 1. The van der Waals surface area contributed by atoms with Gasteiger partial charge < -0.3 is 9.30 Å². The van der Waals surface area contributed by atoms with Gasteiger partial charge in [0.15, 0.2) is 5.03 Å². The molecule has 0 fully saturated rings. The second-order valence-electron chi connectivity index (χ2n) is 4.12. The summed E-state index contributed by atoms with van der Waals surface area (Å²) in [5, 5.41) is 4.64. The average molecular weight is 321 g/mol. The van der Waals surface area contributed by atoms with E-state index in [4.69, 9.17) is 5.14 Å². The molecule has 1 aromatic carbocycles. The van der Waals surface area contributed by atoms with Crippen molar-refractivity contribution < 1.29 is 26.3 Å². The highest BCUT2D eigenvalue weighted by molar-refractivity contribution is 7.89. The Balaban J connectivity index is 2.09. The Labute approximate surface area is 118 Å². The lowest BCUT2D eigenvalue weighted by Crippen LogP contribution is -2.17. The number of nitrogens with zero attached hydrogens (tertiary/aromatic N) is 2. The molecule has 0 saturated carbocycles. The van der Waals surface area contributed by atoms with Gasteiger partial charge >= 0.3 is 6.36 Å². The van der Waals surface area contributed by atoms with Crippen molar-refractivity contribution in [2.75, 3.05) is 0 Å². The van der Waals surface area contributed by atoms with Crippen molar-refractivity contribution >= 4 is 10.0 Å². The Morgan fingerprint density at radius 3 is 2.33 bits per heavy atom. The molecule has 0 bridgehead atoms. The van der Waals surface area contributed by atoms with E-state index in [9.17, 15) is 21.6 Å². The summed E-state index contributed by atoms with van der Waals surface area (Å²) in [4.78, 5) is 3.63. The molecule has 6 nitrogen and oxygen atoms in total. The molecule has 0 unspecified atom stereocenters. The molecule has 0 amide bonds. The van der Waals surface area contributed by atoms with Gasteiger partial charge in [-0.15, -0.1) is 13.2 Å². The first-order chi connectivity index (χ1) is 9.63. The lowest BCUT2D eigenvalue weighted by atomic mass is 10.2. The standard InChI is InChI=1S/C11H10F3N3O3S/c12-11(13,14)20-9-3-1-8(2-4-9)5-17-6-10(16-7-17)21(15,18)19/h1-4,6-7H,5H2,(H2,15,18,19). The Bertz CT molecular complexity index is 723. The van der Waals surface area contributed by atoms with E-state index in [1.54, 1.807) is 0 Å². The molecule has 2 rings (SSSR count). The lowest BCUT2D eigenvalue weighted by molar-refractivity contribution is -0.274. The van der Waals surface area contributed by atoms with E-state index < -0.39 is 16.4 Å². The SMILES string of the molecule is NS(=O)(=O)c1cn(Cc2ccc(OC(F)(F)F)cc2)cn1. The van der Waals surface area contributed by atoms with Crippen molar-refractivity contribution in [3.05, 3.63) is 42.4 Å². The van der Waals surface area contributed by atoms with E-state index in [1.165, 1.54) is 41.4 Å². The van der Waals surface area contributed by atoms with Crippen LogP contribution in [0.4, 0.5) is 13.2 Å². The van der Waals surface area contributed by atoms with E-state index in [0.717, 1.165) is 0 Å². The topological polar surface area (TPSA) is 87.2 Å². The maximum Gasteiger partial charge on any atom is 0.573 e. The molecule has 0 saturated heterocycles. The van der Waals surface area contributed by atoms with Gasteiger partial charge in [-0.3, -0.25) is 0 Å². The van der Waals surface area contributed by atoms with Crippen LogP contribution in [0.15, 0.2) is 41.8 Å². The van der Waals surface area contributed by atoms with E-state index >= 15 is 0 Å². The zero-order valence-corrected chi connectivity index (χ0v) is 11.2. The third-order valence-electron chi connectivity index (χ3n) is 2.42. The number of hydrogen-bond donors (Lipinski definition) is 1. The van der Waals surface area contributed by atoms with Crippen LogP contribution in [0.1, 0.15) is 5.56 Å². The fourth-order valence-corrected chi connectivity index (χ4v) is 2.06. The van der Waals surface area contributed by atoms with E-state index in [0.29, 0.717) is 5.56 Å². The zero-order valence-electron chi connectivity index (χ0n) is 10.4. The number of nitrogens with two attached hydrogens (primary N) is 1. The van der Waals surface area contributed by atoms with Crippen molar-refractivity contribution in [2.24, 2.45) is 5.14 Å². The van der Waals surface area contributed by atoms with E-state index in [1.807, 2.05) is 0 Å². The maximum atomic E-state index is 12.0. The van der Waals surface area contributed by atoms with Crippen LogP contribution >= 0.6 is 0 Å². The third-order valence-corrected chi connectivity index (χ3v) is 3.22. The Kier molecular flexibility index (Phi) is 3.92. The molecule has 2 N–H and O–H groups in total. The minimum Gasteiger partial charge on any atom is -0.406 e.